The molecule has 2 saturated carbocycles. The Morgan fingerprint density at radius 2 is 1.96 bits per heavy atom. The van der Waals surface area contributed by atoms with Crippen LogP contribution in [0.25, 0.3) is 0 Å². The molecule has 0 unspecified atom stereocenters. The van der Waals surface area contributed by atoms with Crippen LogP contribution in [0.5, 0.6) is 0 Å². The lowest BCUT2D eigenvalue weighted by atomic mass is 10.3. The lowest BCUT2D eigenvalue weighted by Gasteiger charge is -2.17. The van der Waals surface area contributed by atoms with E-state index in [0.29, 0.717) is 18.4 Å². The van der Waals surface area contributed by atoms with E-state index in [-0.39, 0.29) is 23.3 Å². The summed E-state index contributed by atoms with van der Waals surface area (Å²) in [5.74, 6) is 2.79. The van der Waals surface area contributed by atoms with E-state index in [4.69, 9.17) is 4.42 Å². The normalized spacial score (nSPS) is 24.2. The summed E-state index contributed by atoms with van der Waals surface area (Å²) < 4.78 is 30.3. The van der Waals surface area contributed by atoms with Gasteiger partial charge in [-0.1, -0.05) is 19.8 Å². The second kappa shape index (κ2) is 6.90. The van der Waals surface area contributed by atoms with Crippen LogP contribution in [0, 0.1) is 5.92 Å². The first-order valence-electron chi connectivity index (χ1n) is 8.91. The Kier molecular flexibility index (Phi) is 5.04. The molecule has 1 heterocycles. The first-order valence-corrected chi connectivity index (χ1v) is 10.6. The Bertz CT molecular complexity index is 688. The average molecular weight is 353 g/mol. The predicted molar refractivity (Wildman–Crippen MR) is 92.4 cm³/mol. The monoisotopic (exact) mass is 353 g/mol. The molecule has 0 radical (unpaired) electrons. The number of carbonyl (C=O) groups is 1. The summed E-state index contributed by atoms with van der Waals surface area (Å²) in [4.78, 5) is 13.8. The van der Waals surface area contributed by atoms with Crippen LogP contribution in [0.3, 0.4) is 0 Å². The Hall–Kier alpha value is -1.30. The fraction of sp³-hybridized carbons (Fsp3) is 0.722. The van der Waals surface area contributed by atoms with Crippen molar-refractivity contribution >= 4 is 15.7 Å². The van der Waals surface area contributed by atoms with Crippen LogP contribution in [0.1, 0.15) is 62.9 Å². The molecule has 1 amide bonds. The van der Waals surface area contributed by atoms with Crippen molar-refractivity contribution < 1.29 is 17.6 Å². The SMILES string of the molecule is C[C@@H]1C[C@H]1c1ccc(CN(C)C(=O)CCS(=O)(=O)C2CCCC2)o1. The number of furan rings is 1. The van der Waals surface area contributed by atoms with Gasteiger partial charge in [0.15, 0.2) is 9.84 Å². The molecule has 0 spiro atoms. The van der Waals surface area contributed by atoms with Gasteiger partial charge in [0, 0.05) is 19.4 Å². The standard InChI is InChI=1S/C18H27NO4S/c1-13-11-16(13)17-8-7-14(23-17)12-19(2)18(20)9-10-24(21,22)15-5-3-4-6-15/h7-8,13,15-16H,3-6,9-12H2,1-2H3/t13-,16-/m1/s1. The third kappa shape index (κ3) is 4.02. The summed E-state index contributed by atoms with van der Waals surface area (Å²) in [6, 6.07) is 3.91. The van der Waals surface area contributed by atoms with Crippen molar-refractivity contribution in [1.29, 1.82) is 0 Å². The molecule has 0 bridgehead atoms. The average Bonchev–Trinajstić information content (AvgIpc) is 3.01. The highest BCUT2D eigenvalue weighted by atomic mass is 32.2. The number of rotatable bonds is 7. The van der Waals surface area contributed by atoms with Crippen molar-refractivity contribution in [3.05, 3.63) is 23.7 Å². The topological polar surface area (TPSA) is 67.6 Å². The van der Waals surface area contributed by atoms with Gasteiger partial charge in [0.1, 0.15) is 11.5 Å². The number of hydrogen-bond acceptors (Lipinski definition) is 4. The minimum Gasteiger partial charge on any atom is -0.464 e. The van der Waals surface area contributed by atoms with Gasteiger partial charge in [0.2, 0.25) is 5.91 Å². The van der Waals surface area contributed by atoms with Crippen LogP contribution in [-0.4, -0.2) is 37.3 Å². The zero-order chi connectivity index (χ0) is 17.3. The zero-order valence-corrected chi connectivity index (χ0v) is 15.3. The molecule has 3 rings (SSSR count). The third-order valence-corrected chi connectivity index (χ3v) is 7.65. The molecule has 0 N–H and O–H groups in total. The van der Waals surface area contributed by atoms with Gasteiger partial charge < -0.3 is 9.32 Å². The van der Waals surface area contributed by atoms with Crippen LogP contribution in [0.4, 0.5) is 0 Å². The van der Waals surface area contributed by atoms with E-state index in [0.717, 1.165) is 37.2 Å². The van der Waals surface area contributed by atoms with Crippen LogP contribution in [0.2, 0.25) is 0 Å². The van der Waals surface area contributed by atoms with Crippen molar-refractivity contribution in [2.45, 2.75) is 63.2 Å². The number of hydrogen-bond donors (Lipinski definition) is 0. The Morgan fingerprint density at radius 1 is 1.29 bits per heavy atom. The molecule has 1 aromatic heterocycles. The summed E-state index contributed by atoms with van der Waals surface area (Å²) in [7, 11) is -1.44. The molecular formula is C18H27NO4S. The zero-order valence-electron chi connectivity index (χ0n) is 14.5. The van der Waals surface area contributed by atoms with E-state index < -0.39 is 9.84 Å². The Labute approximate surface area is 144 Å². The minimum atomic E-state index is -3.14. The van der Waals surface area contributed by atoms with E-state index in [1.54, 1.807) is 11.9 Å². The molecule has 0 aliphatic heterocycles. The quantitative estimate of drug-likeness (QED) is 0.755. The summed E-state index contributed by atoms with van der Waals surface area (Å²) in [5, 5.41) is -0.233. The lowest BCUT2D eigenvalue weighted by molar-refractivity contribution is -0.130. The second-order valence-electron chi connectivity index (χ2n) is 7.40. The van der Waals surface area contributed by atoms with Gasteiger partial charge in [-0.2, -0.15) is 0 Å². The summed E-state index contributed by atoms with van der Waals surface area (Å²) in [6.45, 7) is 2.59. The maximum Gasteiger partial charge on any atom is 0.223 e. The van der Waals surface area contributed by atoms with Crippen molar-refractivity contribution in [1.82, 2.24) is 4.90 Å². The molecule has 5 nitrogen and oxygen atoms in total. The second-order valence-corrected chi connectivity index (χ2v) is 9.80. The number of carbonyl (C=O) groups excluding carboxylic acids is 1. The molecule has 0 saturated heterocycles. The van der Waals surface area contributed by atoms with E-state index in [2.05, 4.69) is 6.92 Å². The number of nitrogens with zero attached hydrogens (tertiary/aromatic N) is 1. The first kappa shape index (κ1) is 17.5. The van der Waals surface area contributed by atoms with Crippen LogP contribution < -0.4 is 0 Å². The first-order chi connectivity index (χ1) is 11.4. The van der Waals surface area contributed by atoms with E-state index in [9.17, 15) is 13.2 Å². The molecule has 1 aromatic rings. The number of sulfone groups is 1. The highest BCUT2D eigenvalue weighted by Crippen LogP contribution is 2.47. The summed E-state index contributed by atoms with van der Waals surface area (Å²) in [6.07, 6.45) is 4.70. The molecule has 24 heavy (non-hydrogen) atoms. The van der Waals surface area contributed by atoms with Gasteiger partial charge in [-0.3, -0.25) is 4.79 Å². The van der Waals surface area contributed by atoms with Gasteiger partial charge in [0.25, 0.3) is 0 Å². The Balaban J connectivity index is 1.48. The van der Waals surface area contributed by atoms with Gasteiger partial charge in [0.05, 0.1) is 17.5 Å². The van der Waals surface area contributed by atoms with Gasteiger partial charge >= 0.3 is 0 Å². The highest BCUT2D eigenvalue weighted by Gasteiger charge is 2.36. The van der Waals surface area contributed by atoms with Gasteiger partial charge in [-0.05, 0) is 37.3 Å². The molecule has 6 heteroatoms. The predicted octanol–water partition coefficient (Wildman–Crippen LogP) is 3.11. The third-order valence-electron chi connectivity index (χ3n) is 5.39. The fourth-order valence-corrected chi connectivity index (χ4v) is 5.40. The number of amides is 1. The maximum atomic E-state index is 12.2. The van der Waals surface area contributed by atoms with Crippen molar-refractivity contribution in [3.8, 4) is 0 Å². The summed E-state index contributed by atoms with van der Waals surface area (Å²) in [5.41, 5.74) is 0. The fourth-order valence-electron chi connectivity index (χ4n) is 3.55. The molecule has 2 atom stereocenters. The smallest absolute Gasteiger partial charge is 0.223 e. The van der Waals surface area contributed by atoms with E-state index in [1.807, 2.05) is 12.1 Å². The minimum absolute atomic E-state index is 0.0379. The van der Waals surface area contributed by atoms with Gasteiger partial charge in [-0.15, -0.1) is 0 Å². The molecule has 134 valence electrons. The van der Waals surface area contributed by atoms with E-state index in [1.165, 1.54) is 6.42 Å². The van der Waals surface area contributed by atoms with E-state index >= 15 is 0 Å². The largest absolute Gasteiger partial charge is 0.464 e. The highest BCUT2D eigenvalue weighted by molar-refractivity contribution is 7.92. The van der Waals surface area contributed by atoms with Crippen LogP contribution >= 0.6 is 0 Å². The van der Waals surface area contributed by atoms with Crippen molar-refractivity contribution in [2.24, 2.45) is 5.92 Å². The Morgan fingerprint density at radius 3 is 2.58 bits per heavy atom. The summed E-state index contributed by atoms with van der Waals surface area (Å²) >= 11 is 0. The molecular weight excluding hydrogens is 326 g/mol. The van der Waals surface area contributed by atoms with Crippen LogP contribution in [0.15, 0.2) is 16.5 Å². The van der Waals surface area contributed by atoms with Crippen molar-refractivity contribution in [2.75, 3.05) is 12.8 Å². The van der Waals surface area contributed by atoms with Crippen LogP contribution in [-0.2, 0) is 21.2 Å². The van der Waals surface area contributed by atoms with Gasteiger partial charge in [-0.25, -0.2) is 8.42 Å². The lowest BCUT2D eigenvalue weighted by Crippen LogP contribution is -2.30. The molecule has 2 aliphatic carbocycles. The molecule has 2 aliphatic rings. The molecule has 2 fully saturated rings. The molecule has 0 aromatic carbocycles. The van der Waals surface area contributed by atoms with Crippen molar-refractivity contribution in [3.63, 3.8) is 0 Å². The maximum absolute atomic E-state index is 12.2.